The third-order valence-corrected chi connectivity index (χ3v) is 6.02. The number of benzene rings is 1. The second-order valence-electron chi connectivity index (χ2n) is 7.87. The van der Waals surface area contributed by atoms with Gasteiger partial charge in [-0.2, -0.15) is 0 Å². The number of ether oxygens (including phenoxy) is 1. The van der Waals surface area contributed by atoms with Crippen molar-refractivity contribution in [2.75, 3.05) is 19.5 Å². The number of aromatic nitrogens is 3. The molecule has 1 amide bonds. The van der Waals surface area contributed by atoms with E-state index in [-0.39, 0.29) is 11.9 Å². The minimum absolute atomic E-state index is 0.0165. The average molecular weight is 453 g/mol. The number of carbonyl (C=O) groups excluding carboxylic acids is 1. The van der Waals surface area contributed by atoms with Crippen molar-refractivity contribution in [1.29, 1.82) is 0 Å². The lowest BCUT2D eigenvalue weighted by Gasteiger charge is -2.15. The summed E-state index contributed by atoms with van der Waals surface area (Å²) in [7, 11) is 1.68. The zero-order valence-corrected chi connectivity index (χ0v) is 19.9. The quantitative estimate of drug-likeness (QED) is 0.340. The SMILES string of the molecule is COCCCn1c(SCC(=O)NC(C)CCCC(C)C)nnc1-c1ccccc1Cl. The number of halogens is 1. The van der Waals surface area contributed by atoms with Crippen LogP contribution >= 0.6 is 23.4 Å². The molecule has 1 heterocycles. The van der Waals surface area contributed by atoms with E-state index >= 15 is 0 Å². The molecule has 1 atom stereocenters. The van der Waals surface area contributed by atoms with Crippen molar-refractivity contribution in [3.63, 3.8) is 0 Å². The van der Waals surface area contributed by atoms with Crippen LogP contribution in [0.2, 0.25) is 5.02 Å². The van der Waals surface area contributed by atoms with Gasteiger partial charge in [-0.05, 0) is 37.8 Å². The topological polar surface area (TPSA) is 69.0 Å². The fraction of sp³-hybridized carbons (Fsp3) is 0.591. The highest BCUT2D eigenvalue weighted by Gasteiger charge is 2.18. The Morgan fingerprint density at radius 2 is 1.97 bits per heavy atom. The lowest BCUT2D eigenvalue weighted by molar-refractivity contribution is -0.119. The van der Waals surface area contributed by atoms with Gasteiger partial charge in [-0.25, -0.2) is 0 Å². The lowest BCUT2D eigenvalue weighted by Crippen LogP contribution is -2.33. The van der Waals surface area contributed by atoms with Gasteiger partial charge < -0.3 is 14.6 Å². The minimum Gasteiger partial charge on any atom is -0.385 e. The Balaban J connectivity index is 2.00. The summed E-state index contributed by atoms with van der Waals surface area (Å²) in [6.07, 6.45) is 4.13. The Morgan fingerprint density at radius 1 is 1.20 bits per heavy atom. The van der Waals surface area contributed by atoms with Gasteiger partial charge in [-0.3, -0.25) is 4.79 Å². The third-order valence-electron chi connectivity index (χ3n) is 4.72. The number of nitrogens with zero attached hydrogens (tertiary/aromatic N) is 3. The van der Waals surface area contributed by atoms with E-state index in [0.29, 0.717) is 40.8 Å². The summed E-state index contributed by atoms with van der Waals surface area (Å²) >= 11 is 7.77. The second kappa shape index (κ2) is 13.0. The summed E-state index contributed by atoms with van der Waals surface area (Å²) in [6, 6.07) is 7.76. The van der Waals surface area contributed by atoms with Crippen LogP contribution in [0.15, 0.2) is 29.4 Å². The van der Waals surface area contributed by atoms with E-state index in [1.54, 1.807) is 7.11 Å². The van der Waals surface area contributed by atoms with Crippen LogP contribution in [0.25, 0.3) is 11.4 Å². The van der Waals surface area contributed by atoms with Crippen molar-refractivity contribution in [2.24, 2.45) is 5.92 Å². The third kappa shape index (κ3) is 7.93. The molecule has 166 valence electrons. The average Bonchev–Trinajstić information content (AvgIpc) is 3.09. The molecule has 0 radical (unpaired) electrons. The number of thioether (sulfide) groups is 1. The van der Waals surface area contributed by atoms with Crippen molar-refractivity contribution in [3.05, 3.63) is 29.3 Å². The van der Waals surface area contributed by atoms with Crippen molar-refractivity contribution in [1.82, 2.24) is 20.1 Å². The molecule has 0 bridgehead atoms. The van der Waals surface area contributed by atoms with Crippen LogP contribution in [0.1, 0.15) is 46.5 Å². The van der Waals surface area contributed by atoms with Gasteiger partial charge in [0.2, 0.25) is 5.91 Å². The maximum atomic E-state index is 12.4. The molecule has 0 aliphatic carbocycles. The van der Waals surface area contributed by atoms with Crippen LogP contribution in [-0.4, -0.2) is 46.2 Å². The van der Waals surface area contributed by atoms with Crippen LogP contribution < -0.4 is 5.32 Å². The predicted octanol–water partition coefficient (Wildman–Crippen LogP) is 5.06. The molecule has 8 heteroatoms. The maximum Gasteiger partial charge on any atom is 0.230 e. The number of rotatable bonds is 13. The molecule has 0 saturated heterocycles. The van der Waals surface area contributed by atoms with Crippen LogP contribution in [0.5, 0.6) is 0 Å². The van der Waals surface area contributed by atoms with E-state index in [2.05, 4.69) is 36.3 Å². The highest BCUT2D eigenvalue weighted by molar-refractivity contribution is 7.99. The number of carbonyl (C=O) groups is 1. The Bertz CT molecular complexity index is 797. The highest BCUT2D eigenvalue weighted by Crippen LogP contribution is 2.29. The zero-order valence-electron chi connectivity index (χ0n) is 18.4. The molecule has 0 spiro atoms. The van der Waals surface area contributed by atoms with Crippen LogP contribution in [-0.2, 0) is 16.1 Å². The van der Waals surface area contributed by atoms with Crippen molar-refractivity contribution < 1.29 is 9.53 Å². The summed E-state index contributed by atoms with van der Waals surface area (Å²) in [5.74, 6) is 1.73. The fourth-order valence-electron chi connectivity index (χ4n) is 3.16. The molecule has 0 fully saturated rings. The first-order valence-corrected chi connectivity index (χ1v) is 11.9. The number of methoxy groups -OCH3 is 1. The van der Waals surface area contributed by atoms with Gasteiger partial charge in [0.25, 0.3) is 0 Å². The van der Waals surface area contributed by atoms with Crippen molar-refractivity contribution in [3.8, 4) is 11.4 Å². The number of hydrogen-bond donors (Lipinski definition) is 1. The maximum absolute atomic E-state index is 12.4. The zero-order chi connectivity index (χ0) is 21.9. The monoisotopic (exact) mass is 452 g/mol. The molecule has 30 heavy (non-hydrogen) atoms. The first-order chi connectivity index (χ1) is 14.4. The molecular weight excluding hydrogens is 420 g/mol. The van der Waals surface area contributed by atoms with Crippen LogP contribution in [0.4, 0.5) is 0 Å². The smallest absolute Gasteiger partial charge is 0.230 e. The van der Waals surface area contributed by atoms with Gasteiger partial charge in [0.1, 0.15) is 0 Å². The molecule has 2 aromatic rings. The number of hydrogen-bond acceptors (Lipinski definition) is 5. The Morgan fingerprint density at radius 3 is 2.67 bits per heavy atom. The van der Waals surface area contributed by atoms with E-state index in [4.69, 9.17) is 16.3 Å². The molecule has 0 saturated carbocycles. The van der Waals surface area contributed by atoms with E-state index in [9.17, 15) is 4.79 Å². The van der Waals surface area contributed by atoms with E-state index < -0.39 is 0 Å². The fourth-order valence-corrected chi connectivity index (χ4v) is 4.15. The molecule has 1 aromatic carbocycles. The molecule has 0 aliphatic rings. The summed E-state index contributed by atoms with van der Waals surface area (Å²) in [6.45, 7) is 7.83. The van der Waals surface area contributed by atoms with Crippen molar-refractivity contribution in [2.45, 2.75) is 64.2 Å². The van der Waals surface area contributed by atoms with Gasteiger partial charge in [-0.1, -0.05) is 62.2 Å². The Hall–Kier alpha value is -1.57. The molecule has 0 aliphatic heterocycles. The molecule has 1 N–H and O–H groups in total. The normalized spacial score (nSPS) is 12.3. The Labute approximate surface area is 189 Å². The van der Waals surface area contributed by atoms with E-state index in [0.717, 1.165) is 24.8 Å². The summed E-state index contributed by atoms with van der Waals surface area (Å²) in [5, 5.41) is 13.1. The lowest BCUT2D eigenvalue weighted by atomic mass is 10.0. The number of nitrogens with one attached hydrogen (secondary N) is 1. The standard InChI is InChI=1S/C22H33ClN4O2S/c1-16(2)9-7-10-17(3)24-20(28)15-30-22-26-25-21(27(22)13-8-14-29-4)18-11-5-6-12-19(18)23/h5-6,11-12,16-17H,7-10,13-15H2,1-4H3,(H,24,28). The largest absolute Gasteiger partial charge is 0.385 e. The summed E-state index contributed by atoms with van der Waals surface area (Å²) in [5.41, 5.74) is 0.833. The summed E-state index contributed by atoms with van der Waals surface area (Å²) < 4.78 is 7.21. The minimum atomic E-state index is 0.0165. The van der Waals surface area contributed by atoms with Gasteiger partial charge >= 0.3 is 0 Å². The van der Waals surface area contributed by atoms with Gasteiger partial charge in [-0.15, -0.1) is 10.2 Å². The predicted molar refractivity (Wildman–Crippen MR) is 124 cm³/mol. The van der Waals surface area contributed by atoms with E-state index in [1.807, 2.05) is 28.8 Å². The molecule has 1 aromatic heterocycles. The van der Waals surface area contributed by atoms with Crippen molar-refractivity contribution >= 4 is 29.3 Å². The van der Waals surface area contributed by atoms with Gasteiger partial charge in [0.15, 0.2) is 11.0 Å². The molecule has 6 nitrogen and oxygen atoms in total. The van der Waals surface area contributed by atoms with Gasteiger partial charge in [0.05, 0.1) is 10.8 Å². The molecular formula is C22H33ClN4O2S. The van der Waals surface area contributed by atoms with Gasteiger partial charge in [0, 0.05) is 31.9 Å². The summed E-state index contributed by atoms with van der Waals surface area (Å²) in [4.78, 5) is 12.4. The molecule has 2 rings (SSSR count). The Kier molecular flexibility index (Phi) is 10.7. The second-order valence-corrected chi connectivity index (χ2v) is 9.22. The molecule has 1 unspecified atom stereocenters. The number of amides is 1. The van der Waals surface area contributed by atoms with Crippen LogP contribution in [0, 0.1) is 5.92 Å². The van der Waals surface area contributed by atoms with E-state index in [1.165, 1.54) is 18.2 Å². The highest BCUT2D eigenvalue weighted by atomic mass is 35.5. The van der Waals surface area contributed by atoms with Crippen LogP contribution in [0.3, 0.4) is 0 Å². The first-order valence-electron chi connectivity index (χ1n) is 10.5. The first kappa shape index (κ1) is 24.7.